The molecular formula is C23H16ClFN2O5S. The Hall–Kier alpha value is -3.56. The largest absolute Gasteiger partial charge is 0.507 e. The molecule has 0 spiro atoms. The van der Waals surface area contributed by atoms with Crippen LogP contribution in [0.4, 0.5) is 9.52 Å². The number of aliphatic hydroxyl groups is 1. The molecule has 168 valence electrons. The van der Waals surface area contributed by atoms with Crippen molar-refractivity contribution in [2.45, 2.75) is 13.0 Å². The molecule has 0 aliphatic carbocycles. The van der Waals surface area contributed by atoms with E-state index in [1.54, 1.807) is 13.0 Å². The van der Waals surface area contributed by atoms with Gasteiger partial charge in [-0.2, -0.15) is 0 Å². The topological polar surface area (TPSA) is 96.8 Å². The molecule has 0 bridgehead atoms. The number of rotatable bonds is 4. The van der Waals surface area contributed by atoms with E-state index in [1.165, 1.54) is 49.6 Å². The van der Waals surface area contributed by atoms with Gasteiger partial charge >= 0.3 is 11.9 Å². The molecule has 10 heteroatoms. The molecule has 1 saturated heterocycles. The number of methoxy groups -OCH3 is 1. The van der Waals surface area contributed by atoms with Crippen LogP contribution in [-0.2, 0) is 14.3 Å². The average Bonchev–Trinajstić information content (AvgIpc) is 3.30. The summed E-state index contributed by atoms with van der Waals surface area (Å²) in [7, 11) is 1.21. The normalized spacial score (nSPS) is 17.5. The predicted molar refractivity (Wildman–Crippen MR) is 121 cm³/mol. The third-order valence-corrected chi connectivity index (χ3v) is 6.51. The van der Waals surface area contributed by atoms with Crippen molar-refractivity contribution in [2.75, 3.05) is 12.0 Å². The smallest absolute Gasteiger partial charge is 0.350 e. The van der Waals surface area contributed by atoms with Crippen LogP contribution in [0.3, 0.4) is 0 Å². The van der Waals surface area contributed by atoms with Gasteiger partial charge in [0.15, 0.2) is 5.13 Å². The minimum Gasteiger partial charge on any atom is -0.507 e. The zero-order valence-corrected chi connectivity index (χ0v) is 18.9. The number of benzene rings is 2. The molecule has 1 amide bonds. The number of ketones is 1. The number of esters is 1. The second kappa shape index (κ2) is 8.76. The molecule has 1 atom stereocenters. The van der Waals surface area contributed by atoms with Gasteiger partial charge in [0, 0.05) is 16.1 Å². The van der Waals surface area contributed by atoms with Gasteiger partial charge in [0.25, 0.3) is 5.78 Å². The summed E-state index contributed by atoms with van der Waals surface area (Å²) in [6.07, 6.45) is 0. The maximum atomic E-state index is 14.9. The number of carbonyl (C=O) groups excluding carboxylic acids is 3. The van der Waals surface area contributed by atoms with Crippen molar-refractivity contribution in [3.8, 4) is 0 Å². The second-order valence-corrected chi connectivity index (χ2v) is 8.51. The molecule has 3 aromatic rings. The van der Waals surface area contributed by atoms with Crippen molar-refractivity contribution in [1.82, 2.24) is 4.98 Å². The third-order valence-electron chi connectivity index (χ3n) is 5.12. The number of thiazole rings is 1. The molecule has 0 saturated carbocycles. The maximum absolute atomic E-state index is 14.9. The quantitative estimate of drug-likeness (QED) is 0.249. The lowest BCUT2D eigenvalue weighted by molar-refractivity contribution is -0.132. The number of carbonyl (C=O) groups is 3. The number of ether oxygens (including phenoxy) is 1. The Morgan fingerprint density at radius 1 is 1.18 bits per heavy atom. The summed E-state index contributed by atoms with van der Waals surface area (Å²) in [6.45, 7) is 1.55. The lowest BCUT2D eigenvalue weighted by Crippen LogP contribution is -2.29. The number of aryl methyl sites for hydroxylation is 1. The number of aliphatic hydroxyl groups excluding tert-OH is 1. The van der Waals surface area contributed by atoms with E-state index < -0.39 is 35.3 Å². The monoisotopic (exact) mass is 486 g/mol. The number of amides is 1. The van der Waals surface area contributed by atoms with Gasteiger partial charge in [-0.05, 0) is 37.3 Å². The van der Waals surface area contributed by atoms with E-state index in [0.29, 0.717) is 5.02 Å². The van der Waals surface area contributed by atoms with Gasteiger partial charge in [-0.15, -0.1) is 0 Å². The molecule has 0 unspecified atom stereocenters. The first-order chi connectivity index (χ1) is 15.7. The van der Waals surface area contributed by atoms with Crippen LogP contribution in [0, 0.1) is 12.7 Å². The Morgan fingerprint density at radius 2 is 1.85 bits per heavy atom. The minimum atomic E-state index is -1.31. The molecule has 1 N–H and O–H groups in total. The minimum absolute atomic E-state index is 0.00147. The number of nitrogens with zero attached hydrogens (tertiary/aromatic N) is 2. The van der Waals surface area contributed by atoms with Crippen LogP contribution in [0.25, 0.3) is 5.76 Å². The summed E-state index contributed by atoms with van der Waals surface area (Å²) in [6, 6.07) is 10.3. The standard InChI is InChI=1S/C23H16ClFN2O5S/c1-11-20(22(31)32-2)33-23(26-11)27-17(14-5-3-4-6-15(14)25)16(19(29)21(27)30)18(28)12-7-9-13(24)10-8-12/h3-10,17,28H,1-2H3/t17-/m1/s1. The fourth-order valence-electron chi connectivity index (χ4n) is 3.55. The van der Waals surface area contributed by atoms with Crippen LogP contribution >= 0.6 is 22.9 Å². The molecule has 1 aromatic heterocycles. The van der Waals surface area contributed by atoms with Gasteiger partial charge in [0.1, 0.15) is 22.5 Å². The van der Waals surface area contributed by atoms with Gasteiger partial charge in [0.05, 0.1) is 18.4 Å². The van der Waals surface area contributed by atoms with E-state index >= 15 is 0 Å². The Morgan fingerprint density at radius 3 is 2.48 bits per heavy atom. The molecule has 1 aliphatic heterocycles. The first-order valence-corrected chi connectivity index (χ1v) is 10.8. The van der Waals surface area contributed by atoms with Crippen molar-refractivity contribution in [3.63, 3.8) is 0 Å². The van der Waals surface area contributed by atoms with E-state index in [1.807, 2.05) is 0 Å². The van der Waals surface area contributed by atoms with Gasteiger partial charge in [0.2, 0.25) is 0 Å². The van der Waals surface area contributed by atoms with Crippen molar-refractivity contribution in [2.24, 2.45) is 0 Å². The van der Waals surface area contributed by atoms with Crippen LogP contribution < -0.4 is 4.90 Å². The fourth-order valence-corrected chi connectivity index (χ4v) is 4.69. The van der Waals surface area contributed by atoms with Crippen LogP contribution in [0.2, 0.25) is 5.02 Å². The lowest BCUT2D eigenvalue weighted by Gasteiger charge is -2.23. The van der Waals surface area contributed by atoms with E-state index in [9.17, 15) is 23.9 Å². The Balaban J connectivity index is 1.95. The van der Waals surface area contributed by atoms with Crippen LogP contribution in [0.5, 0.6) is 0 Å². The number of anilines is 1. The number of Topliss-reactive ketones (excluding diaryl/α,β-unsaturated/α-hetero) is 1. The van der Waals surface area contributed by atoms with E-state index in [4.69, 9.17) is 16.3 Å². The van der Waals surface area contributed by atoms with Crippen molar-refractivity contribution < 1.29 is 28.6 Å². The fraction of sp³-hybridized carbons (Fsp3) is 0.130. The summed E-state index contributed by atoms with van der Waals surface area (Å²) in [5.74, 6) is -3.84. The molecule has 1 aliphatic rings. The summed E-state index contributed by atoms with van der Waals surface area (Å²) < 4.78 is 19.6. The van der Waals surface area contributed by atoms with Crippen LogP contribution in [0.15, 0.2) is 54.1 Å². The van der Waals surface area contributed by atoms with Crippen LogP contribution in [0.1, 0.15) is 32.5 Å². The Labute approximate surface area is 196 Å². The van der Waals surface area contributed by atoms with Crippen molar-refractivity contribution in [1.29, 1.82) is 0 Å². The average molecular weight is 487 g/mol. The van der Waals surface area contributed by atoms with Gasteiger partial charge in [-0.25, -0.2) is 14.2 Å². The number of aromatic nitrogens is 1. The number of halogens is 2. The maximum Gasteiger partial charge on any atom is 0.350 e. The second-order valence-electron chi connectivity index (χ2n) is 7.10. The van der Waals surface area contributed by atoms with Gasteiger partial charge < -0.3 is 9.84 Å². The molecular weight excluding hydrogens is 471 g/mol. The Bertz CT molecular complexity index is 1320. The Kier molecular flexibility index (Phi) is 6.01. The highest BCUT2D eigenvalue weighted by Gasteiger charge is 2.49. The van der Waals surface area contributed by atoms with Crippen molar-refractivity contribution >= 4 is 51.5 Å². The van der Waals surface area contributed by atoms with E-state index in [0.717, 1.165) is 16.2 Å². The SMILES string of the molecule is COC(=O)c1sc(N2C(=O)C(=O)C(=C(O)c3ccc(Cl)cc3)[C@H]2c2ccccc2F)nc1C. The summed E-state index contributed by atoms with van der Waals surface area (Å²) in [5, 5.41) is 11.4. The molecule has 1 fully saturated rings. The first-order valence-electron chi connectivity index (χ1n) is 9.61. The molecule has 0 radical (unpaired) electrons. The first kappa shape index (κ1) is 22.6. The third kappa shape index (κ3) is 3.90. The molecule has 4 rings (SSSR count). The number of hydrogen-bond donors (Lipinski definition) is 1. The molecule has 7 nitrogen and oxygen atoms in total. The highest BCUT2D eigenvalue weighted by atomic mass is 35.5. The lowest BCUT2D eigenvalue weighted by atomic mass is 9.95. The molecule has 33 heavy (non-hydrogen) atoms. The summed E-state index contributed by atoms with van der Waals surface area (Å²) >= 11 is 6.74. The predicted octanol–water partition coefficient (Wildman–Crippen LogP) is 4.66. The zero-order valence-electron chi connectivity index (χ0n) is 17.3. The zero-order chi connectivity index (χ0) is 23.9. The van der Waals surface area contributed by atoms with Gasteiger partial charge in [-0.3, -0.25) is 14.5 Å². The van der Waals surface area contributed by atoms with Gasteiger partial charge in [-0.1, -0.05) is 41.1 Å². The van der Waals surface area contributed by atoms with Crippen LogP contribution in [-0.4, -0.2) is 34.9 Å². The molecule has 2 aromatic carbocycles. The van der Waals surface area contributed by atoms with E-state index in [2.05, 4.69) is 4.98 Å². The highest BCUT2D eigenvalue weighted by Crippen LogP contribution is 2.44. The summed E-state index contributed by atoms with van der Waals surface area (Å²) in [4.78, 5) is 43.6. The van der Waals surface area contributed by atoms with Crippen molar-refractivity contribution in [3.05, 3.63) is 86.6 Å². The number of hydrogen-bond acceptors (Lipinski definition) is 7. The molecule has 2 heterocycles. The van der Waals surface area contributed by atoms with E-state index in [-0.39, 0.29) is 32.4 Å². The summed E-state index contributed by atoms with van der Waals surface area (Å²) in [5.41, 5.74) is 0.192. The highest BCUT2D eigenvalue weighted by molar-refractivity contribution is 7.17.